The second kappa shape index (κ2) is 5.61. The number of ether oxygens (including phenoxy) is 1. The van der Waals surface area contributed by atoms with Gasteiger partial charge in [-0.3, -0.25) is 4.79 Å². The average molecular weight is 262 g/mol. The summed E-state index contributed by atoms with van der Waals surface area (Å²) in [4.78, 5) is 13.8. The molecule has 1 aliphatic rings. The van der Waals surface area contributed by atoms with E-state index in [-0.39, 0.29) is 18.1 Å². The maximum Gasteiger partial charge on any atom is 0.265 e. The lowest BCUT2D eigenvalue weighted by atomic mass is 10.1. The summed E-state index contributed by atoms with van der Waals surface area (Å²) >= 11 is 0. The topological polar surface area (TPSA) is 41.6 Å². The maximum absolute atomic E-state index is 11.9. The van der Waals surface area contributed by atoms with Gasteiger partial charge in [-0.05, 0) is 45.9 Å². The molecule has 19 heavy (non-hydrogen) atoms. The van der Waals surface area contributed by atoms with Gasteiger partial charge in [-0.15, -0.1) is 0 Å². The number of amides is 1. The molecule has 0 fully saturated rings. The highest BCUT2D eigenvalue weighted by molar-refractivity contribution is 5.97. The number of rotatable bonds is 4. The minimum atomic E-state index is 0.0365. The van der Waals surface area contributed by atoms with E-state index in [1.54, 1.807) is 0 Å². The lowest BCUT2D eigenvalue weighted by Gasteiger charge is -2.29. The molecular formula is C15H22N2O2. The summed E-state index contributed by atoms with van der Waals surface area (Å²) in [7, 11) is 0. The van der Waals surface area contributed by atoms with Gasteiger partial charge in [0.15, 0.2) is 6.61 Å². The fourth-order valence-electron chi connectivity index (χ4n) is 2.10. The second-order valence-electron chi connectivity index (χ2n) is 5.83. The Kier molecular flexibility index (Phi) is 4.10. The Bertz CT molecular complexity index is 452. The standard InChI is InChI=1S/C15H22N2O2/c1-15(2,3)16-9-6-10-17-12-7-4-5-8-13(12)19-11-14(17)18/h4-5,7-8,16H,6,9-11H2,1-3H3. The highest BCUT2D eigenvalue weighted by Crippen LogP contribution is 2.31. The minimum Gasteiger partial charge on any atom is -0.482 e. The average Bonchev–Trinajstić information content (AvgIpc) is 2.35. The molecule has 1 amide bonds. The van der Waals surface area contributed by atoms with Gasteiger partial charge in [0.2, 0.25) is 0 Å². The van der Waals surface area contributed by atoms with Crippen LogP contribution in [0.15, 0.2) is 24.3 Å². The number of carbonyl (C=O) groups excluding carboxylic acids is 1. The van der Waals surface area contributed by atoms with Crippen LogP contribution in [-0.2, 0) is 4.79 Å². The molecule has 0 radical (unpaired) electrons. The van der Waals surface area contributed by atoms with E-state index in [1.807, 2.05) is 29.2 Å². The lowest BCUT2D eigenvalue weighted by molar-refractivity contribution is -0.121. The molecule has 1 N–H and O–H groups in total. The number of carbonyl (C=O) groups is 1. The van der Waals surface area contributed by atoms with Crippen LogP contribution in [0.25, 0.3) is 0 Å². The quantitative estimate of drug-likeness (QED) is 0.846. The summed E-state index contributed by atoms with van der Waals surface area (Å²) in [6.45, 7) is 8.19. The van der Waals surface area contributed by atoms with Crippen LogP contribution in [0.5, 0.6) is 5.75 Å². The smallest absolute Gasteiger partial charge is 0.265 e. The molecule has 4 heteroatoms. The minimum absolute atomic E-state index is 0.0365. The number of nitrogens with zero attached hydrogens (tertiary/aromatic N) is 1. The first-order valence-electron chi connectivity index (χ1n) is 6.74. The monoisotopic (exact) mass is 262 g/mol. The molecule has 0 spiro atoms. The van der Waals surface area contributed by atoms with Gasteiger partial charge in [0.1, 0.15) is 5.75 Å². The predicted molar refractivity (Wildman–Crippen MR) is 76.7 cm³/mol. The number of hydrogen-bond acceptors (Lipinski definition) is 3. The van der Waals surface area contributed by atoms with Gasteiger partial charge >= 0.3 is 0 Å². The zero-order valence-corrected chi connectivity index (χ0v) is 11.9. The Labute approximate surface area is 114 Å². The summed E-state index contributed by atoms with van der Waals surface area (Å²) in [6.07, 6.45) is 0.928. The van der Waals surface area contributed by atoms with E-state index in [9.17, 15) is 4.79 Å². The lowest BCUT2D eigenvalue weighted by Crippen LogP contribution is -2.42. The molecule has 1 aromatic carbocycles. The van der Waals surface area contributed by atoms with Crippen molar-refractivity contribution in [3.63, 3.8) is 0 Å². The second-order valence-corrected chi connectivity index (χ2v) is 5.83. The number of nitrogens with one attached hydrogen (secondary N) is 1. The van der Waals surface area contributed by atoms with E-state index < -0.39 is 0 Å². The van der Waals surface area contributed by atoms with E-state index in [0.717, 1.165) is 30.9 Å². The van der Waals surface area contributed by atoms with Gasteiger partial charge in [-0.2, -0.15) is 0 Å². The van der Waals surface area contributed by atoms with Crippen molar-refractivity contribution in [2.45, 2.75) is 32.7 Å². The van der Waals surface area contributed by atoms with Crippen LogP contribution in [-0.4, -0.2) is 31.1 Å². The van der Waals surface area contributed by atoms with E-state index >= 15 is 0 Å². The molecule has 4 nitrogen and oxygen atoms in total. The highest BCUT2D eigenvalue weighted by Gasteiger charge is 2.24. The first kappa shape index (κ1) is 13.9. The Balaban J connectivity index is 1.94. The van der Waals surface area contributed by atoms with E-state index in [2.05, 4.69) is 26.1 Å². The Hall–Kier alpha value is -1.55. The first-order chi connectivity index (χ1) is 8.97. The van der Waals surface area contributed by atoms with Crippen LogP contribution in [0, 0.1) is 0 Å². The Morgan fingerprint density at radius 2 is 2.05 bits per heavy atom. The molecule has 0 atom stereocenters. The van der Waals surface area contributed by atoms with Gasteiger partial charge in [0, 0.05) is 12.1 Å². The van der Waals surface area contributed by atoms with Crippen LogP contribution >= 0.6 is 0 Å². The molecule has 1 heterocycles. The summed E-state index contributed by atoms with van der Waals surface area (Å²) in [5, 5.41) is 3.43. The molecule has 1 aliphatic heterocycles. The molecule has 0 unspecified atom stereocenters. The van der Waals surface area contributed by atoms with Gasteiger partial charge in [0.05, 0.1) is 5.69 Å². The number of fused-ring (bicyclic) bond motifs is 1. The van der Waals surface area contributed by atoms with Crippen molar-refractivity contribution in [3.05, 3.63) is 24.3 Å². The third-order valence-corrected chi connectivity index (χ3v) is 3.02. The van der Waals surface area contributed by atoms with Gasteiger partial charge in [0.25, 0.3) is 5.91 Å². The van der Waals surface area contributed by atoms with Gasteiger partial charge < -0.3 is 15.0 Å². The molecule has 2 rings (SSSR count). The van der Waals surface area contributed by atoms with Crippen molar-refractivity contribution in [2.75, 3.05) is 24.6 Å². The van der Waals surface area contributed by atoms with Crippen molar-refractivity contribution in [1.82, 2.24) is 5.32 Å². The van der Waals surface area contributed by atoms with Crippen LogP contribution < -0.4 is 15.0 Å². The highest BCUT2D eigenvalue weighted by atomic mass is 16.5. The van der Waals surface area contributed by atoms with Gasteiger partial charge in [-0.25, -0.2) is 0 Å². The van der Waals surface area contributed by atoms with Crippen molar-refractivity contribution in [1.29, 1.82) is 0 Å². The largest absolute Gasteiger partial charge is 0.482 e. The molecule has 0 saturated heterocycles. The fourth-order valence-corrected chi connectivity index (χ4v) is 2.10. The van der Waals surface area contributed by atoms with E-state index in [4.69, 9.17) is 4.74 Å². The zero-order chi connectivity index (χ0) is 13.9. The van der Waals surface area contributed by atoms with E-state index in [1.165, 1.54) is 0 Å². The van der Waals surface area contributed by atoms with Crippen molar-refractivity contribution in [3.8, 4) is 5.75 Å². The third kappa shape index (κ3) is 3.70. The van der Waals surface area contributed by atoms with Crippen molar-refractivity contribution >= 4 is 11.6 Å². The number of anilines is 1. The molecule has 0 aromatic heterocycles. The molecule has 104 valence electrons. The molecule has 0 saturated carbocycles. The molecule has 1 aromatic rings. The zero-order valence-electron chi connectivity index (χ0n) is 11.9. The summed E-state index contributed by atoms with van der Waals surface area (Å²) in [6, 6.07) is 7.70. The maximum atomic E-state index is 11.9. The van der Waals surface area contributed by atoms with Crippen molar-refractivity contribution < 1.29 is 9.53 Å². The van der Waals surface area contributed by atoms with Crippen LogP contribution in [0.4, 0.5) is 5.69 Å². The molecule has 0 aliphatic carbocycles. The first-order valence-corrected chi connectivity index (χ1v) is 6.74. The van der Waals surface area contributed by atoms with Crippen LogP contribution in [0.3, 0.4) is 0 Å². The molecule has 0 bridgehead atoms. The van der Waals surface area contributed by atoms with Gasteiger partial charge in [-0.1, -0.05) is 12.1 Å². The predicted octanol–water partition coefficient (Wildman–Crippen LogP) is 2.19. The Morgan fingerprint density at radius 3 is 2.79 bits per heavy atom. The number of hydrogen-bond donors (Lipinski definition) is 1. The normalized spacial score (nSPS) is 15.1. The van der Waals surface area contributed by atoms with Crippen LogP contribution in [0.1, 0.15) is 27.2 Å². The summed E-state index contributed by atoms with van der Waals surface area (Å²) in [5.74, 6) is 0.834. The number of para-hydroxylation sites is 2. The summed E-state index contributed by atoms with van der Waals surface area (Å²) < 4.78 is 5.42. The fraction of sp³-hybridized carbons (Fsp3) is 0.533. The Morgan fingerprint density at radius 1 is 1.32 bits per heavy atom. The molecular weight excluding hydrogens is 240 g/mol. The van der Waals surface area contributed by atoms with Crippen molar-refractivity contribution in [2.24, 2.45) is 0 Å². The van der Waals surface area contributed by atoms with Crippen LogP contribution in [0.2, 0.25) is 0 Å². The number of benzene rings is 1. The SMILES string of the molecule is CC(C)(C)NCCCN1C(=O)COc2ccccc21. The summed E-state index contributed by atoms with van der Waals surface area (Å²) in [5.41, 5.74) is 1.00. The van der Waals surface area contributed by atoms with E-state index in [0.29, 0.717) is 0 Å². The third-order valence-electron chi connectivity index (χ3n) is 3.02.